The molecular weight excluding hydrogens is 240 g/mol. The van der Waals surface area contributed by atoms with Gasteiger partial charge in [-0.3, -0.25) is 10.1 Å². The van der Waals surface area contributed by atoms with Crippen molar-refractivity contribution in [3.63, 3.8) is 0 Å². The van der Waals surface area contributed by atoms with E-state index in [1.165, 1.54) is 5.39 Å². The molecule has 0 amide bonds. The molecule has 1 aliphatic heterocycles. The fourth-order valence-electron chi connectivity index (χ4n) is 2.78. The van der Waals surface area contributed by atoms with Gasteiger partial charge >= 0.3 is 0 Å². The highest BCUT2D eigenvalue weighted by atomic mass is 16.6. The van der Waals surface area contributed by atoms with Gasteiger partial charge in [0.05, 0.1) is 0 Å². The van der Waals surface area contributed by atoms with E-state index in [1.54, 1.807) is 0 Å². The lowest BCUT2D eigenvalue weighted by Crippen LogP contribution is -2.10. The summed E-state index contributed by atoms with van der Waals surface area (Å²) >= 11 is 0. The van der Waals surface area contributed by atoms with Gasteiger partial charge in [-0.25, -0.2) is 4.90 Å². The number of rotatable bonds is 4. The highest BCUT2D eigenvalue weighted by molar-refractivity contribution is 5.83. The highest BCUT2D eigenvalue weighted by Gasteiger charge is 2.57. The van der Waals surface area contributed by atoms with Gasteiger partial charge in [-0.15, -0.1) is 0 Å². The number of benzene rings is 2. The summed E-state index contributed by atoms with van der Waals surface area (Å²) in [5.41, 5.74) is 1.05. The van der Waals surface area contributed by atoms with E-state index < -0.39 is 6.17 Å². The second-order valence-electron chi connectivity index (χ2n) is 4.99. The Bertz CT molecular complexity index is 626. The third-order valence-electron chi connectivity index (χ3n) is 3.70. The first-order valence-electron chi connectivity index (χ1n) is 6.60. The van der Waals surface area contributed by atoms with Crippen molar-refractivity contribution in [1.82, 2.24) is 4.90 Å². The Hall–Kier alpha value is -1.94. The molecule has 4 nitrogen and oxygen atoms in total. The Morgan fingerprint density at radius 2 is 1.95 bits per heavy atom. The maximum Gasteiger partial charge on any atom is 0.289 e. The van der Waals surface area contributed by atoms with Crippen LogP contribution in [-0.4, -0.2) is 22.5 Å². The molecule has 1 fully saturated rings. The predicted octanol–water partition coefficient (Wildman–Crippen LogP) is 3.21. The van der Waals surface area contributed by atoms with Crippen LogP contribution in [0.25, 0.3) is 10.8 Å². The van der Waals surface area contributed by atoms with E-state index in [0.717, 1.165) is 23.9 Å². The summed E-state index contributed by atoms with van der Waals surface area (Å²) in [6, 6.07) is 14.2. The molecule has 19 heavy (non-hydrogen) atoms. The zero-order valence-electron chi connectivity index (χ0n) is 10.8. The molecule has 0 aromatic heterocycles. The lowest BCUT2D eigenvalue weighted by molar-refractivity contribution is -0.507. The van der Waals surface area contributed by atoms with Crippen LogP contribution in [0.3, 0.4) is 0 Å². The fraction of sp³-hybridized carbons (Fsp3) is 0.333. The second-order valence-corrected chi connectivity index (χ2v) is 4.99. The summed E-state index contributed by atoms with van der Waals surface area (Å²) in [6.07, 6.45) is 0.398. The summed E-state index contributed by atoms with van der Waals surface area (Å²) < 4.78 is 0. The largest absolute Gasteiger partial charge is 0.289 e. The van der Waals surface area contributed by atoms with E-state index in [-0.39, 0.29) is 11.0 Å². The number of nitrogens with zero attached hydrogens (tertiary/aromatic N) is 2. The van der Waals surface area contributed by atoms with Gasteiger partial charge in [-0.1, -0.05) is 43.3 Å². The highest BCUT2D eigenvalue weighted by Crippen LogP contribution is 2.43. The molecule has 3 atom stereocenters. The standard InChI is InChI=1S/C15H16N2O2/c1-2-9-16-14(15(16)17(18)19)13-8-7-11-5-3-4-6-12(11)10-13/h3-8,10,14-15H,2,9H2,1H3/t14-,15-,16?/m1/s1. The zero-order valence-corrected chi connectivity index (χ0v) is 10.8. The molecule has 98 valence electrons. The molecule has 1 aliphatic rings. The molecule has 0 radical (unpaired) electrons. The SMILES string of the molecule is CCCN1[C@H](c2ccc3ccccc3c2)[C@H]1[N+](=O)[O-]. The third-order valence-corrected chi connectivity index (χ3v) is 3.70. The molecule has 0 saturated carbocycles. The van der Waals surface area contributed by atoms with Gasteiger partial charge in [0, 0.05) is 11.5 Å². The van der Waals surface area contributed by atoms with Crippen LogP contribution in [-0.2, 0) is 0 Å². The molecule has 1 unspecified atom stereocenters. The Labute approximate surface area is 111 Å². The van der Waals surface area contributed by atoms with Gasteiger partial charge in [-0.2, -0.15) is 0 Å². The summed E-state index contributed by atoms with van der Waals surface area (Å²) in [7, 11) is 0. The summed E-state index contributed by atoms with van der Waals surface area (Å²) in [4.78, 5) is 12.8. The van der Waals surface area contributed by atoms with E-state index >= 15 is 0 Å². The van der Waals surface area contributed by atoms with E-state index in [9.17, 15) is 10.1 Å². The molecular formula is C15H16N2O2. The minimum Gasteiger partial charge on any atom is -0.263 e. The number of fused-ring (bicyclic) bond motifs is 1. The van der Waals surface area contributed by atoms with Gasteiger partial charge < -0.3 is 0 Å². The van der Waals surface area contributed by atoms with Crippen molar-refractivity contribution in [2.75, 3.05) is 6.54 Å². The molecule has 1 saturated heterocycles. The van der Waals surface area contributed by atoms with E-state index in [1.807, 2.05) is 42.2 Å². The van der Waals surface area contributed by atoms with Crippen LogP contribution in [0.2, 0.25) is 0 Å². The number of hydrogen-bond acceptors (Lipinski definition) is 3. The molecule has 2 aromatic rings. The van der Waals surface area contributed by atoms with E-state index in [4.69, 9.17) is 0 Å². The molecule has 0 bridgehead atoms. The summed E-state index contributed by atoms with van der Waals surface area (Å²) in [6.45, 7) is 2.83. The second kappa shape index (κ2) is 4.63. The van der Waals surface area contributed by atoms with Gasteiger partial charge in [-0.05, 0) is 28.8 Å². The van der Waals surface area contributed by atoms with E-state index in [2.05, 4.69) is 12.1 Å². The first-order chi connectivity index (χ1) is 9.22. The van der Waals surface area contributed by atoms with Crippen LogP contribution >= 0.6 is 0 Å². The molecule has 0 aliphatic carbocycles. The maximum absolute atomic E-state index is 11.1. The van der Waals surface area contributed by atoms with Gasteiger partial charge in [0.25, 0.3) is 6.17 Å². The molecule has 0 N–H and O–H groups in total. The van der Waals surface area contributed by atoms with Crippen molar-refractivity contribution >= 4 is 10.8 Å². The average molecular weight is 256 g/mol. The first kappa shape index (κ1) is 12.1. The quantitative estimate of drug-likeness (QED) is 0.479. The van der Waals surface area contributed by atoms with Crippen molar-refractivity contribution < 1.29 is 4.92 Å². The van der Waals surface area contributed by atoms with Crippen LogP contribution < -0.4 is 0 Å². The Morgan fingerprint density at radius 1 is 1.21 bits per heavy atom. The summed E-state index contributed by atoms with van der Waals surface area (Å²) in [5, 5.41) is 13.4. The van der Waals surface area contributed by atoms with Crippen molar-refractivity contribution in [3.05, 3.63) is 58.1 Å². The van der Waals surface area contributed by atoms with Crippen LogP contribution in [0.5, 0.6) is 0 Å². The normalized spacial score (nSPS) is 25.4. The number of hydrogen-bond donors (Lipinski definition) is 0. The lowest BCUT2D eigenvalue weighted by atomic mass is 10.0. The van der Waals surface area contributed by atoms with Gasteiger partial charge in [0.15, 0.2) is 0 Å². The fourth-order valence-corrected chi connectivity index (χ4v) is 2.78. The lowest BCUT2D eigenvalue weighted by Gasteiger charge is -2.02. The Kier molecular flexibility index (Phi) is 2.95. The van der Waals surface area contributed by atoms with Crippen LogP contribution in [0.1, 0.15) is 24.9 Å². The molecule has 1 heterocycles. The van der Waals surface area contributed by atoms with Crippen LogP contribution in [0.15, 0.2) is 42.5 Å². The Balaban J connectivity index is 1.93. The molecule has 0 spiro atoms. The van der Waals surface area contributed by atoms with Crippen molar-refractivity contribution in [2.24, 2.45) is 0 Å². The smallest absolute Gasteiger partial charge is 0.263 e. The van der Waals surface area contributed by atoms with Gasteiger partial charge in [0.1, 0.15) is 6.04 Å². The minimum absolute atomic E-state index is 0.0560. The Morgan fingerprint density at radius 3 is 2.63 bits per heavy atom. The molecule has 3 rings (SSSR count). The zero-order chi connectivity index (χ0) is 13.4. The average Bonchev–Trinajstić information content (AvgIpc) is 3.13. The third kappa shape index (κ3) is 2.08. The van der Waals surface area contributed by atoms with Crippen LogP contribution in [0.4, 0.5) is 0 Å². The monoisotopic (exact) mass is 256 g/mol. The van der Waals surface area contributed by atoms with Gasteiger partial charge in [0.2, 0.25) is 0 Å². The number of nitro groups is 1. The van der Waals surface area contributed by atoms with Crippen molar-refractivity contribution in [1.29, 1.82) is 0 Å². The van der Waals surface area contributed by atoms with Crippen molar-refractivity contribution in [2.45, 2.75) is 25.6 Å². The predicted molar refractivity (Wildman–Crippen MR) is 74.5 cm³/mol. The van der Waals surface area contributed by atoms with Crippen molar-refractivity contribution in [3.8, 4) is 0 Å². The van der Waals surface area contributed by atoms with Crippen LogP contribution in [0, 0.1) is 10.1 Å². The topological polar surface area (TPSA) is 46.1 Å². The summed E-state index contributed by atoms with van der Waals surface area (Å²) in [5.74, 6) is 0. The molecule has 2 aromatic carbocycles. The first-order valence-corrected chi connectivity index (χ1v) is 6.60. The molecule has 4 heteroatoms. The maximum atomic E-state index is 11.1. The minimum atomic E-state index is -0.541. The van der Waals surface area contributed by atoms with E-state index in [0.29, 0.717) is 0 Å².